The van der Waals surface area contributed by atoms with Crippen LogP contribution in [0, 0.1) is 0 Å². The van der Waals surface area contributed by atoms with Gasteiger partial charge in [-0.2, -0.15) is 0 Å². The second-order valence-electron chi connectivity index (χ2n) is 2.31. The summed E-state index contributed by atoms with van der Waals surface area (Å²) in [5.41, 5.74) is 0.694. The summed E-state index contributed by atoms with van der Waals surface area (Å²) in [6, 6.07) is 6.34. The SMILES string of the molecule is O=C([O-])NCc1cccc(O)c1. The first-order valence-electron chi connectivity index (χ1n) is 3.41. The molecule has 64 valence electrons. The number of phenols is 1. The van der Waals surface area contributed by atoms with Gasteiger partial charge in [0.1, 0.15) is 11.8 Å². The van der Waals surface area contributed by atoms with Crippen molar-refractivity contribution in [2.24, 2.45) is 0 Å². The van der Waals surface area contributed by atoms with Gasteiger partial charge in [-0.25, -0.2) is 0 Å². The summed E-state index contributed by atoms with van der Waals surface area (Å²) in [5.74, 6) is 0.118. The van der Waals surface area contributed by atoms with Gasteiger partial charge in [0, 0.05) is 6.54 Å². The third-order valence-electron chi connectivity index (χ3n) is 1.35. The highest BCUT2D eigenvalue weighted by atomic mass is 16.4. The number of hydrogen-bond acceptors (Lipinski definition) is 3. The smallest absolute Gasteiger partial charge is 0.134 e. The lowest BCUT2D eigenvalue weighted by molar-refractivity contribution is -0.251. The lowest BCUT2D eigenvalue weighted by atomic mass is 10.2. The molecule has 0 aliphatic rings. The van der Waals surface area contributed by atoms with Crippen molar-refractivity contribution in [1.82, 2.24) is 5.32 Å². The van der Waals surface area contributed by atoms with Gasteiger partial charge in [0.25, 0.3) is 0 Å². The highest BCUT2D eigenvalue weighted by molar-refractivity contribution is 5.61. The van der Waals surface area contributed by atoms with Crippen LogP contribution in [-0.4, -0.2) is 11.2 Å². The van der Waals surface area contributed by atoms with Gasteiger partial charge in [0.2, 0.25) is 0 Å². The van der Waals surface area contributed by atoms with Crippen molar-refractivity contribution in [2.75, 3.05) is 0 Å². The van der Waals surface area contributed by atoms with E-state index >= 15 is 0 Å². The Kier molecular flexibility index (Phi) is 2.53. The molecule has 2 N–H and O–H groups in total. The molecule has 0 fully saturated rings. The second-order valence-corrected chi connectivity index (χ2v) is 2.31. The Labute approximate surface area is 69.5 Å². The molecule has 0 aliphatic carbocycles. The number of phenolic OH excluding ortho intramolecular Hbond substituents is 1. The number of rotatable bonds is 2. The number of amides is 1. The summed E-state index contributed by atoms with van der Waals surface area (Å²) in [5, 5.41) is 21.0. The number of aromatic hydroxyl groups is 1. The fraction of sp³-hybridized carbons (Fsp3) is 0.125. The minimum Gasteiger partial charge on any atom is -0.530 e. The fourth-order valence-electron chi connectivity index (χ4n) is 0.841. The van der Waals surface area contributed by atoms with Crippen molar-refractivity contribution >= 4 is 6.09 Å². The maximum atomic E-state index is 9.97. The summed E-state index contributed by atoms with van der Waals surface area (Å²) in [7, 11) is 0. The van der Waals surface area contributed by atoms with E-state index < -0.39 is 6.09 Å². The van der Waals surface area contributed by atoms with E-state index in [1.54, 1.807) is 12.1 Å². The zero-order valence-corrected chi connectivity index (χ0v) is 6.28. The zero-order valence-electron chi connectivity index (χ0n) is 6.28. The molecule has 1 aromatic carbocycles. The van der Waals surface area contributed by atoms with Crippen molar-refractivity contribution in [3.63, 3.8) is 0 Å². The van der Waals surface area contributed by atoms with Crippen molar-refractivity contribution in [3.8, 4) is 5.75 Å². The number of carbonyl (C=O) groups is 1. The van der Waals surface area contributed by atoms with Crippen LogP contribution < -0.4 is 10.4 Å². The molecule has 12 heavy (non-hydrogen) atoms. The van der Waals surface area contributed by atoms with E-state index in [2.05, 4.69) is 5.32 Å². The summed E-state index contributed by atoms with van der Waals surface area (Å²) in [4.78, 5) is 9.97. The molecule has 0 saturated carbocycles. The maximum absolute atomic E-state index is 9.97. The van der Waals surface area contributed by atoms with Crippen LogP contribution in [0.2, 0.25) is 0 Å². The Hall–Kier alpha value is -1.71. The average molecular weight is 166 g/mol. The van der Waals surface area contributed by atoms with Crippen molar-refractivity contribution < 1.29 is 15.0 Å². The Morgan fingerprint density at radius 1 is 1.58 bits per heavy atom. The van der Waals surface area contributed by atoms with Gasteiger partial charge >= 0.3 is 0 Å². The van der Waals surface area contributed by atoms with Crippen LogP contribution in [0.1, 0.15) is 5.56 Å². The molecule has 0 atom stereocenters. The van der Waals surface area contributed by atoms with E-state index in [1.165, 1.54) is 12.1 Å². The quantitative estimate of drug-likeness (QED) is 0.640. The molecular formula is C8H8NO3-. The van der Waals surface area contributed by atoms with Gasteiger partial charge in [-0.1, -0.05) is 12.1 Å². The maximum Gasteiger partial charge on any atom is 0.134 e. The van der Waals surface area contributed by atoms with E-state index in [4.69, 9.17) is 5.11 Å². The molecule has 0 aliphatic heterocycles. The van der Waals surface area contributed by atoms with Crippen LogP contribution >= 0.6 is 0 Å². The van der Waals surface area contributed by atoms with Crippen molar-refractivity contribution in [2.45, 2.75) is 6.54 Å². The first-order chi connectivity index (χ1) is 5.68. The van der Waals surface area contributed by atoms with Gasteiger partial charge < -0.3 is 20.3 Å². The van der Waals surface area contributed by atoms with Crippen LogP contribution in [0.25, 0.3) is 0 Å². The van der Waals surface area contributed by atoms with Crippen molar-refractivity contribution in [1.29, 1.82) is 0 Å². The van der Waals surface area contributed by atoms with E-state index in [0.717, 1.165) is 0 Å². The molecule has 4 heteroatoms. The first kappa shape index (κ1) is 8.39. The first-order valence-corrected chi connectivity index (χ1v) is 3.41. The molecule has 0 bridgehead atoms. The molecule has 0 saturated heterocycles. The highest BCUT2D eigenvalue weighted by Gasteiger charge is 1.92. The molecule has 1 rings (SSSR count). The summed E-state index contributed by atoms with van der Waals surface area (Å²) >= 11 is 0. The van der Waals surface area contributed by atoms with Crippen LogP contribution in [0.3, 0.4) is 0 Å². The molecule has 0 unspecified atom stereocenters. The van der Waals surface area contributed by atoms with E-state index in [0.29, 0.717) is 5.56 Å². The van der Waals surface area contributed by atoms with E-state index in [9.17, 15) is 9.90 Å². The van der Waals surface area contributed by atoms with Gasteiger partial charge in [0.05, 0.1) is 0 Å². The minimum absolute atomic E-state index is 0.118. The largest absolute Gasteiger partial charge is 0.530 e. The number of benzene rings is 1. The topological polar surface area (TPSA) is 72.4 Å². The predicted molar refractivity (Wildman–Crippen MR) is 40.3 cm³/mol. The summed E-state index contributed by atoms with van der Waals surface area (Å²) < 4.78 is 0. The Bertz CT molecular complexity index is 285. The van der Waals surface area contributed by atoms with Gasteiger partial charge in [-0.3, -0.25) is 0 Å². The van der Waals surface area contributed by atoms with E-state index in [-0.39, 0.29) is 12.3 Å². The number of carbonyl (C=O) groups excluding carboxylic acids is 1. The van der Waals surface area contributed by atoms with Gasteiger partial charge in [0.15, 0.2) is 0 Å². The Morgan fingerprint density at radius 2 is 2.33 bits per heavy atom. The number of carboxylic acid groups (broad SMARTS) is 1. The summed E-state index contributed by atoms with van der Waals surface area (Å²) in [6.45, 7) is 0.150. The standard InChI is InChI=1S/C8H9NO3/c10-7-3-1-2-6(4-7)5-9-8(11)12/h1-4,9-10H,5H2,(H,11,12)/p-1. The minimum atomic E-state index is -1.32. The zero-order chi connectivity index (χ0) is 8.97. The number of nitrogens with one attached hydrogen (secondary N) is 1. The second kappa shape index (κ2) is 3.61. The third kappa shape index (κ3) is 2.49. The average Bonchev–Trinajstić information content (AvgIpc) is 2.01. The molecule has 0 radical (unpaired) electrons. The lowest BCUT2D eigenvalue weighted by Gasteiger charge is -2.05. The normalized spacial score (nSPS) is 9.33. The molecule has 0 spiro atoms. The Morgan fingerprint density at radius 3 is 2.92 bits per heavy atom. The molecule has 0 heterocycles. The van der Waals surface area contributed by atoms with Gasteiger partial charge in [-0.05, 0) is 17.7 Å². The van der Waals surface area contributed by atoms with Crippen LogP contribution in [-0.2, 0) is 6.54 Å². The molecule has 1 amide bonds. The third-order valence-corrected chi connectivity index (χ3v) is 1.35. The van der Waals surface area contributed by atoms with Crippen LogP contribution in [0.5, 0.6) is 5.75 Å². The molecule has 0 aromatic heterocycles. The van der Waals surface area contributed by atoms with Gasteiger partial charge in [-0.15, -0.1) is 0 Å². The van der Waals surface area contributed by atoms with Crippen LogP contribution in [0.15, 0.2) is 24.3 Å². The fourth-order valence-corrected chi connectivity index (χ4v) is 0.841. The predicted octanol–water partition coefficient (Wildman–Crippen LogP) is -0.175. The Balaban J connectivity index is 2.57. The monoisotopic (exact) mass is 166 g/mol. The summed E-state index contributed by atoms with van der Waals surface area (Å²) in [6.07, 6.45) is -1.32. The van der Waals surface area contributed by atoms with Crippen LogP contribution in [0.4, 0.5) is 4.79 Å². The number of hydrogen-bond donors (Lipinski definition) is 2. The van der Waals surface area contributed by atoms with Crippen molar-refractivity contribution in [3.05, 3.63) is 29.8 Å². The lowest BCUT2D eigenvalue weighted by Crippen LogP contribution is -2.35. The molecular weight excluding hydrogens is 158 g/mol. The van der Waals surface area contributed by atoms with E-state index in [1.807, 2.05) is 0 Å². The highest BCUT2D eigenvalue weighted by Crippen LogP contribution is 2.09. The molecule has 1 aromatic rings. The molecule has 4 nitrogen and oxygen atoms in total.